The Kier molecular flexibility index (Phi) is 10.2. The normalized spacial score (nSPS) is 10.0. The van der Waals surface area contributed by atoms with Crippen molar-refractivity contribution in [1.82, 2.24) is 30.2 Å². The Hall–Kier alpha value is -6.00. The van der Waals surface area contributed by atoms with Crippen LogP contribution in [0.25, 0.3) is 22.8 Å². The molecule has 6 rings (SSSR count). The van der Waals surface area contributed by atoms with Crippen molar-refractivity contribution in [2.24, 2.45) is 0 Å². The van der Waals surface area contributed by atoms with Crippen molar-refractivity contribution < 1.29 is 17.8 Å². The van der Waals surface area contributed by atoms with Gasteiger partial charge in [-0.05, 0) is 60.4 Å². The molecule has 0 spiro atoms. The molecule has 0 aliphatic heterocycles. The van der Waals surface area contributed by atoms with E-state index in [1.807, 2.05) is 36.4 Å². The molecule has 44 heavy (non-hydrogen) atoms. The van der Waals surface area contributed by atoms with E-state index < -0.39 is 0 Å². The molecule has 0 aliphatic carbocycles. The highest BCUT2D eigenvalue weighted by Crippen LogP contribution is 2.19. The Labute approximate surface area is 252 Å². The van der Waals surface area contributed by atoms with E-state index in [-0.39, 0.29) is 17.5 Å². The number of nitrogens with zero attached hydrogens (tertiary/aromatic N) is 6. The van der Waals surface area contributed by atoms with Crippen molar-refractivity contribution >= 4 is 0 Å². The van der Waals surface area contributed by atoms with E-state index in [1.54, 1.807) is 42.7 Å². The molecule has 0 saturated heterocycles. The van der Waals surface area contributed by atoms with Crippen LogP contribution in [0.4, 0.5) is 8.78 Å². The largest absolute Gasteiger partial charge is 0.339 e. The summed E-state index contributed by atoms with van der Waals surface area (Å²) in [5.74, 6) is 12.8. The summed E-state index contributed by atoms with van der Waals surface area (Å²) in [4.78, 5) is 16.6. The number of rotatable bonds is 6. The van der Waals surface area contributed by atoms with Gasteiger partial charge in [0.2, 0.25) is 23.4 Å². The maximum atomic E-state index is 13.6. The van der Waals surface area contributed by atoms with E-state index in [4.69, 9.17) is 9.05 Å². The van der Waals surface area contributed by atoms with Crippen LogP contribution in [0, 0.1) is 35.3 Å². The number of aromatic nitrogens is 6. The minimum Gasteiger partial charge on any atom is -0.339 e. The molecule has 4 aromatic heterocycles. The summed E-state index contributed by atoms with van der Waals surface area (Å²) < 4.78 is 37.0. The molecule has 10 heteroatoms. The molecular formula is C34H24F2N6O2. The Morgan fingerprint density at radius 2 is 1.20 bits per heavy atom. The predicted octanol–water partition coefficient (Wildman–Crippen LogP) is 6.51. The number of halogens is 2. The van der Waals surface area contributed by atoms with Crippen LogP contribution in [0.5, 0.6) is 0 Å². The number of benzene rings is 2. The van der Waals surface area contributed by atoms with Crippen molar-refractivity contribution in [3.63, 3.8) is 0 Å². The van der Waals surface area contributed by atoms with E-state index in [1.165, 1.54) is 18.2 Å². The van der Waals surface area contributed by atoms with E-state index in [9.17, 15) is 8.78 Å². The van der Waals surface area contributed by atoms with Gasteiger partial charge in [-0.2, -0.15) is 9.97 Å². The second-order valence-corrected chi connectivity index (χ2v) is 9.05. The van der Waals surface area contributed by atoms with Gasteiger partial charge in [0.15, 0.2) is 0 Å². The zero-order valence-electron chi connectivity index (χ0n) is 23.3. The Morgan fingerprint density at radius 3 is 1.80 bits per heavy atom. The first-order valence-electron chi connectivity index (χ1n) is 13.6. The standard InChI is InChI=1S/2C17H12FN3O/c18-15-10-3-2-9-14(15)17-20-16(22-21-17)11-4-1-7-13-8-5-6-12-19-13;18-14-7-5-6-13(12-14)17-20-16(22-21-17)10-2-1-8-15-9-3-4-11-19-15/h2-3,5-6,8-10,12H,4,11H2;3-7,9,11-12H,2,10H2. The Balaban J connectivity index is 0.000000175. The predicted molar refractivity (Wildman–Crippen MR) is 158 cm³/mol. The molecule has 0 unspecified atom stereocenters. The molecule has 0 fully saturated rings. The van der Waals surface area contributed by atoms with Crippen LogP contribution < -0.4 is 0 Å². The summed E-state index contributed by atoms with van der Waals surface area (Å²) in [6, 6.07) is 23.6. The van der Waals surface area contributed by atoms with E-state index in [0.29, 0.717) is 54.4 Å². The molecule has 0 saturated carbocycles. The van der Waals surface area contributed by atoms with Crippen molar-refractivity contribution in [2.45, 2.75) is 25.7 Å². The lowest BCUT2D eigenvalue weighted by atomic mass is 10.2. The first-order chi connectivity index (χ1) is 21.6. The Bertz CT molecular complexity index is 1920. The van der Waals surface area contributed by atoms with Gasteiger partial charge in [0.25, 0.3) is 0 Å². The van der Waals surface area contributed by atoms with Crippen molar-refractivity contribution in [3.8, 4) is 46.5 Å². The molecule has 0 radical (unpaired) electrons. The fourth-order valence-corrected chi connectivity index (χ4v) is 3.73. The molecule has 2 aromatic carbocycles. The third kappa shape index (κ3) is 8.75. The quantitative estimate of drug-likeness (QED) is 0.204. The summed E-state index contributed by atoms with van der Waals surface area (Å²) >= 11 is 0. The van der Waals surface area contributed by atoms with Crippen molar-refractivity contribution in [1.29, 1.82) is 0 Å². The van der Waals surface area contributed by atoms with Gasteiger partial charge in [-0.15, -0.1) is 0 Å². The number of aryl methyl sites for hydroxylation is 2. The van der Waals surface area contributed by atoms with Gasteiger partial charge in [-0.25, -0.2) is 18.7 Å². The number of pyridine rings is 2. The zero-order valence-corrected chi connectivity index (χ0v) is 23.3. The van der Waals surface area contributed by atoms with Crippen molar-refractivity contribution in [3.05, 3.63) is 132 Å². The summed E-state index contributed by atoms with van der Waals surface area (Å²) in [7, 11) is 0. The van der Waals surface area contributed by atoms with E-state index in [0.717, 1.165) is 11.4 Å². The zero-order chi connectivity index (χ0) is 30.4. The minimum atomic E-state index is -0.371. The van der Waals surface area contributed by atoms with E-state index in [2.05, 4.69) is 53.9 Å². The highest BCUT2D eigenvalue weighted by atomic mass is 19.1. The lowest BCUT2D eigenvalue weighted by molar-refractivity contribution is 0.380. The minimum absolute atomic E-state index is 0.255. The van der Waals surface area contributed by atoms with Crippen LogP contribution in [0.2, 0.25) is 0 Å². The second-order valence-electron chi connectivity index (χ2n) is 9.05. The van der Waals surface area contributed by atoms with Crippen LogP contribution in [0.3, 0.4) is 0 Å². The highest BCUT2D eigenvalue weighted by Gasteiger charge is 2.12. The monoisotopic (exact) mass is 586 g/mol. The smallest absolute Gasteiger partial charge is 0.227 e. The van der Waals surface area contributed by atoms with Crippen molar-refractivity contribution in [2.75, 3.05) is 0 Å². The van der Waals surface area contributed by atoms with Gasteiger partial charge in [0, 0.05) is 43.6 Å². The summed E-state index contributed by atoms with van der Waals surface area (Å²) in [5, 5.41) is 7.65. The lowest BCUT2D eigenvalue weighted by Gasteiger charge is -1.94. The molecule has 8 nitrogen and oxygen atoms in total. The molecule has 216 valence electrons. The maximum absolute atomic E-state index is 13.6. The van der Waals surface area contributed by atoms with Crippen LogP contribution in [-0.4, -0.2) is 30.2 Å². The molecule has 0 atom stereocenters. The van der Waals surface area contributed by atoms with Crippen LogP contribution in [0.15, 0.2) is 106 Å². The average molecular weight is 587 g/mol. The van der Waals surface area contributed by atoms with Gasteiger partial charge in [-0.3, -0.25) is 0 Å². The summed E-state index contributed by atoms with van der Waals surface area (Å²) in [6.45, 7) is 0. The molecule has 0 N–H and O–H groups in total. The topological polar surface area (TPSA) is 104 Å². The summed E-state index contributed by atoms with van der Waals surface area (Å²) in [5.41, 5.74) is 2.38. The van der Waals surface area contributed by atoms with Gasteiger partial charge in [-0.1, -0.05) is 58.6 Å². The van der Waals surface area contributed by atoms with Crippen LogP contribution in [-0.2, 0) is 12.8 Å². The lowest BCUT2D eigenvalue weighted by Crippen LogP contribution is -1.87. The van der Waals surface area contributed by atoms with E-state index >= 15 is 0 Å². The first-order valence-corrected chi connectivity index (χ1v) is 13.6. The van der Waals surface area contributed by atoms with Gasteiger partial charge in [0.05, 0.1) is 5.56 Å². The average Bonchev–Trinajstić information content (AvgIpc) is 3.73. The molecular weight excluding hydrogens is 562 g/mol. The number of hydrogen-bond acceptors (Lipinski definition) is 8. The molecule has 4 heterocycles. The third-order valence-electron chi connectivity index (χ3n) is 5.82. The third-order valence-corrected chi connectivity index (χ3v) is 5.82. The maximum Gasteiger partial charge on any atom is 0.227 e. The summed E-state index contributed by atoms with van der Waals surface area (Å²) in [6.07, 6.45) is 5.61. The van der Waals surface area contributed by atoms with Gasteiger partial charge in [0.1, 0.15) is 23.0 Å². The van der Waals surface area contributed by atoms with Gasteiger partial charge < -0.3 is 9.05 Å². The molecule has 6 aromatic rings. The first kappa shape index (κ1) is 29.5. The highest BCUT2D eigenvalue weighted by molar-refractivity contribution is 5.55. The second kappa shape index (κ2) is 15.3. The van der Waals surface area contributed by atoms with Gasteiger partial charge >= 0.3 is 0 Å². The number of hydrogen-bond donors (Lipinski definition) is 0. The molecule has 0 bridgehead atoms. The SMILES string of the molecule is Fc1cccc(-c2noc(CCC#Cc3ccccn3)n2)c1.Fc1ccccc1-c1noc(CCC#Cc2ccccn2)n1. The van der Waals surface area contributed by atoms with Crippen LogP contribution in [0.1, 0.15) is 36.0 Å². The fourth-order valence-electron chi connectivity index (χ4n) is 3.73. The van der Waals surface area contributed by atoms with Crippen LogP contribution >= 0.6 is 0 Å². The Morgan fingerprint density at radius 1 is 0.614 bits per heavy atom. The molecule has 0 amide bonds. The fraction of sp³-hybridized carbons (Fsp3) is 0.118. The molecule has 0 aliphatic rings.